The highest BCUT2D eigenvalue weighted by atomic mass is 32.1. The lowest BCUT2D eigenvalue weighted by Gasteiger charge is -2.44. The normalized spacial score (nSPS) is 23.8. The largest absolute Gasteiger partial charge is 0.390 e. The van der Waals surface area contributed by atoms with Crippen molar-refractivity contribution in [3.63, 3.8) is 0 Å². The zero-order valence-corrected chi connectivity index (χ0v) is 20.9. The molecule has 2 N–H and O–H groups in total. The van der Waals surface area contributed by atoms with Crippen molar-refractivity contribution in [2.45, 2.75) is 51.0 Å². The molecule has 0 aliphatic carbocycles. The molecule has 0 atom stereocenters. The third-order valence-electron chi connectivity index (χ3n) is 8.45. The molecule has 1 spiro atoms. The maximum absolute atomic E-state index is 13.5. The van der Waals surface area contributed by atoms with E-state index in [0.717, 1.165) is 55.2 Å². The number of nitrogens with two attached hydrogens (primary N) is 1. The molecule has 35 heavy (non-hydrogen) atoms. The van der Waals surface area contributed by atoms with Crippen LogP contribution >= 0.6 is 11.3 Å². The lowest BCUT2D eigenvalue weighted by molar-refractivity contribution is -0.145. The third kappa shape index (κ3) is 3.62. The Morgan fingerprint density at radius 1 is 0.914 bits per heavy atom. The number of fused-ring (bicyclic) bond motifs is 2. The highest BCUT2D eigenvalue weighted by Gasteiger charge is 2.60. The molecule has 2 aromatic rings. The number of amides is 3. The average Bonchev–Trinajstić information content (AvgIpc) is 3.15. The van der Waals surface area contributed by atoms with Crippen molar-refractivity contribution >= 4 is 44.1 Å². The minimum atomic E-state index is -0.910. The van der Waals surface area contributed by atoms with Crippen LogP contribution in [0.4, 0.5) is 5.00 Å². The van der Waals surface area contributed by atoms with Crippen molar-refractivity contribution in [2.24, 2.45) is 5.41 Å². The second-order valence-electron chi connectivity index (χ2n) is 10.4. The summed E-state index contributed by atoms with van der Waals surface area (Å²) in [6, 6.07) is 8.16. The molecule has 4 fully saturated rings. The molecule has 0 saturated carbocycles. The first kappa shape index (κ1) is 22.8. The van der Waals surface area contributed by atoms with Crippen molar-refractivity contribution < 1.29 is 14.4 Å². The van der Waals surface area contributed by atoms with E-state index in [1.54, 1.807) is 10.0 Å². The molecular formula is C26H33N5O3S. The van der Waals surface area contributed by atoms with E-state index in [9.17, 15) is 14.4 Å². The number of nitrogen functional groups attached to an aromatic ring is 1. The minimum absolute atomic E-state index is 0.00963. The average molecular weight is 496 g/mol. The van der Waals surface area contributed by atoms with Crippen molar-refractivity contribution in [2.75, 3.05) is 45.0 Å². The molecule has 4 aliphatic rings. The minimum Gasteiger partial charge on any atom is -0.390 e. The zero-order valence-electron chi connectivity index (χ0n) is 20.1. The van der Waals surface area contributed by atoms with Crippen LogP contribution in [0.2, 0.25) is 0 Å². The first-order chi connectivity index (χ1) is 17.0. The van der Waals surface area contributed by atoms with Gasteiger partial charge in [0.15, 0.2) is 0 Å². The summed E-state index contributed by atoms with van der Waals surface area (Å²) >= 11 is 1.47. The third-order valence-corrected chi connectivity index (χ3v) is 9.45. The number of carbonyl (C=O) groups excluding carboxylic acids is 3. The summed E-state index contributed by atoms with van der Waals surface area (Å²) in [6.07, 6.45) is 6.19. The summed E-state index contributed by atoms with van der Waals surface area (Å²) in [5.41, 5.74) is 5.97. The number of piperidine rings is 2. The molecule has 6 rings (SSSR count). The van der Waals surface area contributed by atoms with Gasteiger partial charge in [0.2, 0.25) is 0 Å². The van der Waals surface area contributed by atoms with Gasteiger partial charge >= 0.3 is 0 Å². The Morgan fingerprint density at radius 2 is 1.60 bits per heavy atom. The smallest absolute Gasteiger partial charge is 0.258 e. The van der Waals surface area contributed by atoms with Gasteiger partial charge in [-0.15, -0.1) is 11.3 Å². The molecule has 0 bridgehead atoms. The van der Waals surface area contributed by atoms with Crippen LogP contribution in [0.1, 0.15) is 55.3 Å². The van der Waals surface area contributed by atoms with Gasteiger partial charge in [-0.1, -0.05) is 18.2 Å². The summed E-state index contributed by atoms with van der Waals surface area (Å²) in [4.78, 5) is 44.6. The van der Waals surface area contributed by atoms with Crippen LogP contribution in [0, 0.1) is 5.41 Å². The predicted molar refractivity (Wildman–Crippen MR) is 136 cm³/mol. The van der Waals surface area contributed by atoms with Gasteiger partial charge < -0.3 is 10.6 Å². The summed E-state index contributed by atoms with van der Waals surface area (Å²) in [5, 5.41) is 5.00. The second kappa shape index (κ2) is 8.78. The molecule has 8 nitrogen and oxygen atoms in total. The fourth-order valence-corrected chi connectivity index (χ4v) is 7.54. The fraction of sp³-hybridized carbons (Fsp3) is 0.577. The van der Waals surface area contributed by atoms with Gasteiger partial charge in [0.05, 0.1) is 10.6 Å². The molecule has 4 saturated heterocycles. The number of anilines is 1. The Kier molecular flexibility index (Phi) is 5.72. The summed E-state index contributed by atoms with van der Waals surface area (Å²) in [6.45, 7) is 4.06. The standard InChI is InChI=1S/C26H33N5O3S/c27-22-21(19-7-2-3-8-20(19)35-22)23(32)28-15-9-18(10-16-28)29-12-6-11-26(17-29)24(33)30-13-4-1-5-14-31(30)25(26)34/h2-3,7-8,18H,1,4-6,9-17,27H2. The Hall–Kier alpha value is -2.65. The maximum Gasteiger partial charge on any atom is 0.258 e. The number of carbonyl (C=O) groups is 3. The van der Waals surface area contributed by atoms with Gasteiger partial charge in [0.1, 0.15) is 5.41 Å². The summed E-state index contributed by atoms with van der Waals surface area (Å²) < 4.78 is 1.04. The fourth-order valence-electron chi connectivity index (χ4n) is 6.58. The number of nitrogens with zero attached hydrogens (tertiary/aromatic N) is 4. The topological polar surface area (TPSA) is 90.2 Å². The highest BCUT2D eigenvalue weighted by molar-refractivity contribution is 7.23. The first-order valence-electron chi connectivity index (χ1n) is 12.9. The van der Waals surface area contributed by atoms with Crippen molar-refractivity contribution in [3.8, 4) is 0 Å². The number of rotatable bonds is 2. The first-order valence-corrected chi connectivity index (χ1v) is 13.8. The number of thiophene rings is 1. The van der Waals surface area contributed by atoms with E-state index in [1.165, 1.54) is 11.3 Å². The Labute approximate surface area is 209 Å². The van der Waals surface area contributed by atoms with Gasteiger partial charge in [0.25, 0.3) is 17.7 Å². The van der Waals surface area contributed by atoms with E-state index in [0.29, 0.717) is 49.7 Å². The lowest BCUT2D eigenvalue weighted by Crippen LogP contribution is -2.56. The van der Waals surface area contributed by atoms with Gasteiger partial charge in [-0.2, -0.15) is 0 Å². The number of hydrogen-bond acceptors (Lipinski definition) is 6. The van der Waals surface area contributed by atoms with E-state index >= 15 is 0 Å². The zero-order chi connectivity index (χ0) is 24.2. The summed E-state index contributed by atoms with van der Waals surface area (Å²) in [5.74, 6) is 0.0402. The monoisotopic (exact) mass is 495 g/mol. The molecule has 186 valence electrons. The van der Waals surface area contributed by atoms with Gasteiger partial charge in [0, 0.05) is 48.9 Å². The molecule has 4 aliphatic heterocycles. The maximum atomic E-state index is 13.5. The number of hydrazine groups is 1. The Bertz CT molecular complexity index is 1150. The van der Waals surface area contributed by atoms with E-state index in [2.05, 4.69) is 4.90 Å². The van der Waals surface area contributed by atoms with Crippen LogP contribution in [-0.4, -0.2) is 82.8 Å². The van der Waals surface area contributed by atoms with Crippen LogP contribution in [0.3, 0.4) is 0 Å². The Morgan fingerprint density at radius 3 is 2.31 bits per heavy atom. The van der Waals surface area contributed by atoms with E-state index in [1.807, 2.05) is 29.2 Å². The van der Waals surface area contributed by atoms with Crippen molar-refractivity contribution in [3.05, 3.63) is 29.8 Å². The highest BCUT2D eigenvalue weighted by Crippen LogP contribution is 2.42. The predicted octanol–water partition coefficient (Wildman–Crippen LogP) is 2.94. The lowest BCUT2D eigenvalue weighted by atomic mass is 9.78. The summed E-state index contributed by atoms with van der Waals surface area (Å²) in [7, 11) is 0. The SMILES string of the molecule is Nc1sc2ccccc2c1C(=O)N1CCC(N2CCCC3(C2)C(=O)N2CCCCCN2C3=O)CC1. The van der Waals surface area contributed by atoms with E-state index < -0.39 is 5.41 Å². The molecule has 0 radical (unpaired) electrons. The molecule has 3 amide bonds. The molecule has 1 aromatic heterocycles. The van der Waals surface area contributed by atoms with Crippen LogP contribution < -0.4 is 5.73 Å². The second-order valence-corrected chi connectivity index (χ2v) is 11.5. The number of hydrogen-bond donors (Lipinski definition) is 1. The van der Waals surface area contributed by atoms with Gasteiger partial charge in [-0.05, 0) is 57.6 Å². The van der Waals surface area contributed by atoms with E-state index in [-0.39, 0.29) is 23.8 Å². The molecular weight excluding hydrogens is 462 g/mol. The van der Waals surface area contributed by atoms with Crippen LogP contribution in [-0.2, 0) is 9.59 Å². The molecule has 0 unspecified atom stereocenters. The van der Waals surface area contributed by atoms with E-state index in [4.69, 9.17) is 5.73 Å². The Balaban J connectivity index is 1.14. The van der Waals surface area contributed by atoms with Gasteiger partial charge in [-0.25, -0.2) is 0 Å². The van der Waals surface area contributed by atoms with Gasteiger partial charge in [-0.3, -0.25) is 29.3 Å². The van der Waals surface area contributed by atoms with Crippen LogP contribution in [0.25, 0.3) is 10.1 Å². The van der Waals surface area contributed by atoms with Crippen LogP contribution in [0.5, 0.6) is 0 Å². The molecule has 5 heterocycles. The quantitative estimate of drug-likeness (QED) is 0.647. The van der Waals surface area contributed by atoms with Crippen LogP contribution in [0.15, 0.2) is 24.3 Å². The van der Waals surface area contributed by atoms with Crippen molar-refractivity contribution in [1.29, 1.82) is 0 Å². The number of likely N-dealkylation sites (tertiary alicyclic amines) is 2. The molecule has 9 heteroatoms. The van der Waals surface area contributed by atoms with Crippen molar-refractivity contribution in [1.82, 2.24) is 19.8 Å². The molecule has 1 aromatic carbocycles. The number of benzene rings is 1.